The Kier molecular flexibility index (Phi) is 4.78. The molecular formula is C10H13N3O2S. The van der Waals surface area contributed by atoms with Crippen molar-refractivity contribution in [2.24, 2.45) is 0 Å². The highest BCUT2D eigenvalue weighted by molar-refractivity contribution is 7.98. The molecule has 0 saturated heterocycles. The molecule has 0 aliphatic rings. The number of nitrogen functional groups attached to an aromatic ring is 1. The van der Waals surface area contributed by atoms with Crippen LogP contribution in [0.2, 0.25) is 0 Å². The van der Waals surface area contributed by atoms with Crippen LogP contribution in [0.25, 0.3) is 6.08 Å². The van der Waals surface area contributed by atoms with E-state index < -0.39 is 5.97 Å². The second-order valence-electron chi connectivity index (χ2n) is 2.78. The summed E-state index contributed by atoms with van der Waals surface area (Å²) in [6, 6.07) is 0. The molecule has 0 atom stereocenters. The fraction of sp³-hybridized carbons (Fsp3) is 0.300. The van der Waals surface area contributed by atoms with Crippen LogP contribution >= 0.6 is 11.8 Å². The summed E-state index contributed by atoms with van der Waals surface area (Å²) in [7, 11) is 0. The lowest BCUT2D eigenvalue weighted by molar-refractivity contribution is -0.137. The van der Waals surface area contributed by atoms with E-state index in [4.69, 9.17) is 10.5 Å². The second kappa shape index (κ2) is 6.12. The summed E-state index contributed by atoms with van der Waals surface area (Å²) >= 11 is 1.41. The lowest BCUT2D eigenvalue weighted by Crippen LogP contribution is -2.00. The van der Waals surface area contributed by atoms with Crippen LogP contribution in [0.5, 0.6) is 0 Å². The molecule has 6 heteroatoms. The Hall–Kier alpha value is -1.56. The molecule has 0 amide bonds. The minimum atomic E-state index is -0.407. The van der Waals surface area contributed by atoms with Crippen LogP contribution in [0, 0.1) is 0 Å². The minimum absolute atomic E-state index is 0.347. The maximum Gasteiger partial charge on any atom is 0.330 e. The van der Waals surface area contributed by atoms with Crippen molar-refractivity contribution in [3.8, 4) is 0 Å². The zero-order valence-corrected chi connectivity index (χ0v) is 9.95. The number of hydrogen-bond donors (Lipinski definition) is 1. The molecule has 5 nitrogen and oxygen atoms in total. The van der Waals surface area contributed by atoms with Crippen LogP contribution in [-0.4, -0.2) is 28.8 Å². The average molecular weight is 239 g/mol. The molecule has 0 unspecified atom stereocenters. The highest BCUT2D eigenvalue weighted by atomic mass is 32.2. The van der Waals surface area contributed by atoms with Gasteiger partial charge in [-0.2, -0.15) is 0 Å². The summed E-state index contributed by atoms with van der Waals surface area (Å²) in [5, 5.41) is 0.603. The Balaban J connectivity index is 2.78. The molecule has 86 valence electrons. The molecule has 0 saturated carbocycles. The molecule has 1 aromatic heterocycles. The Labute approximate surface area is 98.1 Å². The number of thioether (sulfide) groups is 1. The Morgan fingerprint density at radius 2 is 2.44 bits per heavy atom. The van der Waals surface area contributed by atoms with E-state index in [2.05, 4.69) is 9.97 Å². The van der Waals surface area contributed by atoms with Gasteiger partial charge in [-0.25, -0.2) is 14.8 Å². The van der Waals surface area contributed by atoms with Crippen LogP contribution in [0.15, 0.2) is 17.4 Å². The molecule has 1 heterocycles. The standard InChI is InChI=1S/C10H13N3O2S/c1-3-15-8(14)5-4-7-6-12-10(16-2)13-9(7)11/h4-6H,3H2,1-2H3,(H2,11,12,13)/b5-4+. The average Bonchev–Trinajstić information content (AvgIpc) is 2.27. The van der Waals surface area contributed by atoms with Crippen molar-refractivity contribution in [2.75, 3.05) is 18.6 Å². The molecule has 2 N–H and O–H groups in total. The molecule has 16 heavy (non-hydrogen) atoms. The van der Waals surface area contributed by atoms with Gasteiger partial charge >= 0.3 is 5.97 Å². The zero-order chi connectivity index (χ0) is 12.0. The van der Waals surface area contributed by atoms with Crippen molar-refractivity contribution in [1.29, 1.82) is 0 Å². The van der Waals surface area contributed by atoms with Crippen LogP contribution in [0.4, 0.5) is 5.82 Å². The first-order valence-electron chi connectivity index (χ1n) is 4.68. The smallest absolute Gasteiger partial charge is 0.330 e. The summed E-state index contributed by atoms with van der Waals surface area (Å²) in [6.45, 7) is 2.09. The quantitative estimate of drug-likeness (QED) is 0.370. The summed E-state index contributed by atoms with van der Waals surface area (Å²) in [5.41, 5.74) is 6.29. The Bertz CT molecular complexity index is 407. The third kappa shape index (κ3) is 3.54. The third-order valence-electron chi connectivity index (χ3n) is 1.69. The third-order valence-corrected chi connectivity index (χ3v) is 2.26. The lowest BCUT2D eigenvalue weighted by Gasteiger charge is -2.00. The first kappa shape index (κ1) is 12.5. The normalized spacial score (nSPS) is 10.6. The molecule has 0 aromatic carbocycles. The summed E-state index contributed by atoms with van der Waals surface area (Å²) in [5.74, 6) is -0.0595. The molecule has 1 aromatic rings. The summed E-state index contributed by atoms with van der Waals surface area (Å²) in [4.78, 5) is 19.1. The van der Waals surface area contributed by atoms with E-state index in [-0.39, 0.29) is 0 Å². The fourth-order valence-corrected chi connectivity index (χ4v) is 1.31. The summed E-state index contributed by atoms with van der Waals surface area (Å²) < 4.78 is 4.74. The van der Waals surface area contributed by atoms with Crippen molar-refractivity contribution in [3.63, 3.8) is 0 Å². The number of carbonyl (C=O) groups excluding carboxylic acids is 1. The van der Waals surface area contributed by atoms with Crippen LogP contribution < -0.4 is 5.73 Å². The van der Waals surface area contributed by atoms with Gasteiger partial charge in [0.05, 0.1) is 6.61 Å². The molecular weight excluding hydrogens is 226 g/mol. The molecule has 0 bridgehead atoms. The monoisotopic (exact) mass is 239 g/mol. The van der Waals surface area contributed by atoms with Crippen molar-refractivity contribution in [2.45, 2.75) is 12.1 Å². The second-order valence-corrected chi connectivity index (χ2v) is 3.56. The number of nitrogens with zero attached hydrogens (tertiary/aromatic N) is 2. The van der Waals surface area contributed by atoms with Crippen molar-refractivity contribution >= 4 is 29.6 Å². The summed E-state index contributed by atoms with van der Waals surface area (Å²) in [6.07, 6.45) is 6.28. The van der Waals surface area contributed by atoms with Gasteiger partial charge in [0, 0.05) is 17.8 Å². The maximum absolute atomic E-state index is 11.1. The van der Waals surface area contributed by atoms with Gasteiger partial charge in [0.2, 0.25) is 0 Å². The van der Waals surface area contributed by atoms with Gasteiger partial charge in [-0.1, -0.05) is 11.8 Å². The molecule has 0 aliphatic carbocycles. The van der Waals surface area contributed by atoms with Gasteiger partial charge in [-0.05, 0) is 19.3 Å². The lowest BCUT2D eigenvalue weighted by atomic mass is 10.3. The number of ether oxygens (including phenoxy) is 1. The number of carbonyl (C=O) groups is 1. The van der Waals surface area contributed by atoms with E-state index in [0.29, 0.717) is 23.1 Å². The van der Waals surface area contributed by atoms with Crippen molar-refractivity contribution in [3.05, 3.63) is 17.8 Å². The first-order valence-corrected chi connectivity index (χ1v) is 5.91. The van der Waals surface area contributed by atoms with Crippen molar-refractivity contribution in [1.82, 2.24) is 9.97 Å². The number of anilines is 1. The van der Waals surface area contributed by atoms with E-state index in [1.807, 2.05) is 6.26 Å². The number of hydrogen-bond acceptors (Lipinski definition) is 6. The number of aromatic nitrogens is 2. The Morgan fingerprint density at radius 1 is 1.69 bits per heavy atom. The highest BCUT2D eigenvalue weighted by Crippen LogP contribution is 2.14. The molecule has 1 rings (SSSR count). The number of esters is 1. The van der Waals surface area contributed by atoms with Gasteiger partial charge in [-0.15, -0.1) is 0 Å². The molecule has 0 spiro atoms. The van der Waals surface area contributed by atoms with E-state index >= 15 is 0 Å². The van der Waals surface area contributed by atoms with Crippen LogP contribution in [-0.2, 0) is 9.53 Å². The van der Waals surface area contributed by atoms with E-state index in [9.17, 15) is 4.79 Å². The SMILES string of the molecule is CCOC(=O)/C=C/c1cnc(SC)nc1N. The van der Waals surface area contributed by atoms with E-state index in [1.165, 1.54) is 23.9 Å². The zero-order valence-electron chi connectivity index (χ0n) is 9.14. The van der Waals surface area contributed by atoms with Crippen LogP contribution in [0.1, 0.15) is 12.5 Å². The predicted octanol–water partition coefficient (Wildman–Crippen LogP) is 1.36. The largest absolute Gasteiger partial charge is 0.463 e. The highest BCUT2D eigenvalue weighted by Gasteiger charge is 2.01. The predicted molar refractivity (Wildman–Crippen MR) is 63.9 cm³/mol. The van der Waals surface area contributed by atoms with Crippen molar-refractivity contribution < 1.29 is 9.53 Å². The van der Waals surface area contributed by atoms with Gasteiger partial charge in [0.25, 0.3) is 0 Å². The van der Waals surface area contributed by atoms with E-state index in [0.717, 1.165) is 0 Å². The maximum atomic E-state index is 11.1. The Morgan fingerprint density at radius 3 is 3.00 bits per heavy atom. The fourth-order valence-electron chi connectivity index (χ4n) is 0.962. The van der Waals surface area contributed by atoms with Gasteiger partial charge < -0.3 is 10.5 Å². The van der Waals surface area contributed by atoms with Gasteiger partial charge in [0.15, 0.2) is 5.16 Å². The molecule has 0 fully saturated rings. The molecule has 0 aliphatic heterocycles. The van der Waals surface area contributed by atoms with Gasteiger partial charge in [-0.3, -0.25) is 0 Å². The van der Waals surface area contributed by atoms with Gasteiger partial charge in [0.1, 0.15) is 5.82 Å². The van der Waals surface area contributed by atoms with Crippen LogP contribution in [0.3, 0.4) is 0 Å². The number of nitrogens with two attached hydrogens (primary N) is 1. The topological polar surface area (TPSA) is 78.1 Å². The molecule has 0 radical (unpaired) electrons. The minimum Gasteiger partial charge on any atom is -0.463 e. The van der Waals surface area contributed by atoms with E-state index in [1.54, 1.807) is 13.1 Å². The number of rotatable bonds is 4. The first-order chi connectivity index (χ1) is 7.67.